The maximum atomic E-state index is 11.2. The molecule has 7 nitrogen and oxygen atoms in total. The zero-order valence-corrected chi connectivity index (χ0v) is 10.3. The van der Waals surface area contributed by atoms with Crippen LogP contribution in [0.4, 0.5) is 0 Å². The topological polar surface area (TPSA) is 128 Å². The number of hydrogen-bond acceptors (Lipinski definition) is 5. The van der Waals surface area contributed by atoms with Gasteiger partial charge in [0, 0.05) is 17.5 Å². The van der Waals surface area contributed by atoms with Crippen molar-refractivity contribution in [1.29, 1.82) is 0 Å². The highest BCUT2D eigenvalue weighted by Crippen LogP contribution is 2.28. The largest absolute Gasteiger partial charge is 0.479 e. The summed E-state index contributed by atoms with van der Waals surface area (Å²) >= 11 is 0. The van der Waals surface area contributed by atoms with Crippen molar-refractivity contribution in [2.24, 2.45) is 0 Å². The number of carbonyl (C=O) groups is 2. The normalized spacial score (nSPS) is 15.5. The molecule has 0 aromatic carbocycles. The fraction of sp³-hybridized carbons (Fsp3) is 0.417. The summed E-state index contributed by atoms with van der Waals surface area (Å²) in [6.07, 6.45) is -0.0879. The molecule has 1 heterocycles. The van der Waals surface area contributed by atoms with Crippen molar-refractivity contribution < 1.29 is 30.0 Å². The average Bonchev–Trinajstić information content (AvgIpc) is 2.37. The SMILES string of the molecule is CCCc1ncccc1C(O)(C(=O)O)C(O)C(=O)O. The molecule has 104 valence electrons. The van der Waals surface area contributed by atoms with Crippen LogP contribution in [0.15, 0.2) is 18.3 Å². The number of carboxylic acids is 2. The van der Waals surface area contributed by atoms with Crippen LogP contribution in [0.2, 0.25) is 0 Å². The fourth-order valence-electron chi connectivity index (χ4n) is 1.78. The lowest BCUT2D eigenvalue weighted by molar-refractivity contribution is -0.185. The van der Waals surface area contributed by atoms with Gasteiger partial charge in [0.2, 0.25) is 5.60 Å². The number of aliphatic hydroxyl groups is 2. The van der Waals surface area contributed by atoms with E-state index < -0.39 is 23.6 Å². The van der Waals surface area contributed by atoms with Crippen molar-refractivity contribution in [3.8, 4) is 0 Å². The van der Waals surface area contributed by atoms with Gasteiger partial charge in [-0.15, -0.1) is 0 Å². The predicted molar refractivity (Wildman–Crippen MR) is 63.4 cm³/mol. The van der Waals surface area contributed by atoms with E-state index in [1.165, 1.54) is 18.3 Å². The Balaban J connectivity index is 3.42. The molecule has 0 spiro atoms. The lowest BCUT2D eigenvalue weighted by atomic mass is 9.86. The van der Waals surface area contributed by atoms with Gasteiger partial charge in [-0.2, -0.15) is 0 Å². The smallest absolute Gasteiger partial charge is 0.343 e. The summed E-state index contributed by atoms with van der Waals surface area (Å²) in [5.74, 6) is -3.66. The van der Waals surface area contributed by atoms with Crippen LogP contribution in [0.25, 0.3) is 0 Å². The van der Waals surface area contributed by atoms with Crippen molar-refractivity contribution in [2.45, 2.75) is 31.5 Å². The summed E-state index contributed by atoms with van der Waals surface area (Å²) in [5, 5.41) is 37.5. The van der Waals surface area contributed by atoms with Gasteiger partial charge >= 0.3 is 11.9 Å². The third kappa shape index (κ3) is 2.72. The Labute approximate surface area is 109 Å². The second-order valence-electron chi connectivity index (χ2n) is 4.06. The van der Waals surface area contributed by atoms with Crippen LogP contribution in [-0.2, 0) is 21.6 Å². The highest BCUT2D eigenvalue weighted by molar-refractivity contribution is 5.88. The molecule has 1 rings (SSSR count). The Bertz CT molecular complexity index is 489. The standard InChI is InChI=1S/C12H15NO6/c1-2-4-8-7(5-3-6-13-8)12(19,11(17)18)9(14)10(15)16/h3,5-6,9,14,19H,2,4H2,1H3,(H,15,16)(H,17,18). The van der Waals surface area contributed by atoms with E-state index in [0.29, 0.717) is 12.8 Å². The number of aromatic nitrogens is 1. The Morgan fingerprint density at radius 1 is 1.42 bits per heavy atom. The van der Waals surface area contributed by atoms with Gasteiger partial charge in [0.25, 0.3) is 0 Å². The number of aryl methyl sites for hydroxylation is 1. The third-order valence-electron chi connectivity index (χ3n) is 2.74. The number of aliphatic carboxylic acids is 2. The molecule has 0 aliphatic rings. The molecule has 0 amide bonds. The molecule has 0 aliphatic heterocycles. The Kier molecular flexibility index (Phi) is 4.57. The molecule has 0 bridgehead atoms. The Morgan fingerprint density at radius 2 is 2.05 bits per heavy atom. The Morgan fingerprint density at radius 3 is 2.53 bits per heavy atom. The number of aliphatic hydroxyl groups excluding tert-OH is 1. The van der Waals surface area contributed by atoms with Crippen LogP contribution in [0, 0.1) is 0 Å². The molecule has 0 saturated carbocycles. The summed E-state index contributed by atoms with van der Waals surface area (Å²) in [6.45, 7) is 1.83. The fourth-order valence-corrected chi connectivity index (χ4v) is 1.78. The van der Waals surface area contributed by atoms with E-state index in [4.69, 9.17) is 10.2 Å². The van der Waals surface area contributed by atoms with Gasteiger partial charge in [0.1, 0.15) is 0 Å². The lowest BCUT2D eigenvalue weighted by Gasteiger charge is -2.28. The lowest BCUT2D eigenvalue weighted by Crippen LogP contribution is -2.51. The first-order valence-corrected chi connectivity index (χ1v) is 5.66. The minimum atomic E-state index is -2.93. The second-order valence-corrected chi connectivity index (χ2v) is 4.06. The molecule has 0 aliphatic carbocycles. The zero-order chi connectivity index (χ0) is 14.6. The first kappa shape index (κ1) is 15.1. The molecule has 2 unspecified atom stereocenters. The van der Waals surface area contributed by atoms with E-state index in [9.17, 15) is 19.8 Å². The van der Waals surface area contributed by atoms with Crippen molar-refractivity contribution >= 4 is 11.9 Å². The summed E-state index contributed by atoms with van der Waals surface area (Å²) in [7, 11) is 0. The number of rotatable bonds is 6. The van der Waals surface area contributed by atoms with E-state index in [0.717, 1.165) is 0 Å². The van der Waals surface area contributed by atoms with E-state index >= 15 is 0 Å². The number of carboxylic acid groups (broad SMARTS) is 2. The molecule has 1 aromatic rings. The van der Waals surface area contributed by atoms with Crippen molar-refractivity contribution in [1.82, 2.24) is 4.98 Å². The molecular weight excluding hydrogens is 254 g/mol. The van der Waals surface area contributed by atoms with Gasteiger partial charge in [-0.05, 0) is 12.5 Å². The molecule has 0 fully saturated rings. The van der Waals surface area contributed by atoms with Crippen LogP contribution in [0.5, 0.6) is 0 Å². The average molecular weight is 269 g/mol. The second kappa shape index (κ2) is 5.77. The van der Waals surface area contributed by atoms with Crippen LogP contribution in [0.1, 0.15) is 24.6 Å². The molecule has 19 heavy (non-hydrogen) atoms. The van der Waals surface area contributed by atoms with E-state index in [1.807, 2.05) is 6.92 Å². The molecule has 0 radical (unpaired) electrons. The maximum Gasteiger partial charge on any atom is 0.343 e. The minimum Gasteiger partial charge on any atom is -0.479 e. The van der Waals surface area contributed by atoms with Gasteiger partial charge in [-0.3, -0.25) is 4.98 Å². The van der Waals surface area contributed by atoms with Crippen molar-refractivity contribution in [3.63, 3.8) is 0 Å². The van der Waals surface area contributed by atoms with E-state index in [1.54, 1.807) is 0 Å². The quantitative estimate of drug-likeness (QED) is 0.560. The van der Waals surface area contributed by atoms with Crippen LogP contribution < -0.4 is 0 Å². The monoisotopic (exact) mass is 269 g/mol. The summed E-state index contributed by atoms with van der Waals surface area (Å²) in [4.78, 5) is 26.0. The Hall–Kier alpha value is -1.99. The minimum absolute atomic E-state index is 0.209. The van der Waals surface area contributed by atoms with Gasteiger partial charge in [-0.25, -0.2) is 9.59 Å². The van der Waals surface area contributed by atoms with E-state index in [-0.39, 0.29) is 11.3 Å². The summed E-state index contributed by atoms with van der Waals surface area (Å²) in [6, 6.07) is 2.62. The highest BCUT2D eigenvalue weighted by Gasteiger charge is 2.50. The first-order valence-electron chi connectivity index (χ1n) is 5.66. The number of hydrogen-bond donors (Lipinski definition) is 4. The maximum absolute atomic E-state index is 11.2. The molecule has 4 N–H and O–H groups in total. The van der Waals surface area contributed by atoms with Crippen molar-refractivity contribution in [2.75, 3.05) is 0 Å². The van der Waals surface area contributed by atoms with Crippen LogP contribution in [0.3, 0.4) is 0 Å². The molecular formula is C12H15NO6. The van der Waals surface area contributed by atoms with Crippen molar-refractivity contribution in [3.05, 3.63) is 29.6 Å². The molecule has 1 aromatic heterocycles. The van der Waals surface area contributed by atoms with Crippen LogP contribution in [-0.4, -0.2) is 43.5 Å². The highest BCUT2D eigenvalue weighted by atomic mass is 16.4. The predicted octanol–water partition coefficient (Wildman–Crippen LogP) is -0.248. The van der Waals surface area contributed by atoms with Gasteiger partial charge < -0.3 is 20.4 Å². The van der Waals surface area contributed by atoms with Crippen LogP contribution >= 0.6 is 0 Å². The number of pyridine rings is 1. The molecule has 2 atom stereocenters. The number of nitrogens with zero attached hydrogens (tertiary/aromatic N) is 1. The summed E-state index contributed by atoms with van der Waals surface area (Å²) < 4.78 is 0. The first-order chi connectivity index (χ1) is 8.85. The zero-order valence-electron chi connectivity index (χ0n) is 10.3. The van der Waals surface area contributed by atoms with Gasteiger partial charge in [0.15, 0.2) is 6.10 Å². The van der Waals surface area contributed by atoms with E-state index in [2.05, 4.69) is 4.98 Å². The third-order valence-corrected chi connectivity index (χ3v) is 2.74. The van der Waals surface area contributed by atoms with Gasteiger partial charge in [-0.1, -0.05) is 19.4 Å². The summed E-state index contributed by atoms with van der Waals surface area (Å²) in [5.41, 5.74) is -2.89. The molecule has 7 heteroatoms. The molecule has 0 saturated heterocycles. The van der Waals surface area contributed by atoms with Gasteiger partial charge in [0.05, 0.1) is 0 Å².